The molecular formula is C16H13Cl2NO5. The lowest BCUT2D eigenvalue weighted by Crippen LogP contribution is -2.20. The SMILES string of the molecule is COc1ccc(C(=O)O)c(OCC(=O)Nc2ccc(Cl)c(Cl)c2)c1. The number of benzene rings is 2. The van der Waals surface area contributed by atoms with Crippen LogP contribution in [-0.2, 0) is 4.79 Å². The molecule has 0 aliphatic rings. The molecule has 0 heterocycles. The van der Waals surface area contributed by atoms with Crippen LogP contribution in [0.1, 0.15) is 10.4 Å². The molecule has 0 aromatic heterocycles. The fraction of sp³-hybridized carbons (Fsp3) is 0.125. The van der Waals surface area contributed by atoms with Gasteiger partial charge in [0, 0.05) is 11.8 Å². The average Bonchev–Trinajstić information content (AvgIpc) is 2.56. The molecule has 2 N–H and O–H groups in total. The van der Waals surface area contributed by atoms with E-state index in [4.69, 9.17) is 37.8 Å². The van der Waals surface area contributed by atoms with Crippen molar-refractivity contribution in [3.05, 3.63) is 52.0 Å². The van der Waals surface area contributed by atoms with E-state index in [1.54, 1.807) is 12.1 Å². The lowest BCUT2D eigenvalue weighted by molar-refractivity contribution is -0.118. The highest BCUT2D eigenvalue weighted by Gasteiger charge is 2.14. The predicted octanol–water partition coefficient (Wildman–Crippen LogP) is 3.72. The maximum Gasteiger partial charge on any atom is 0.339 e. The van der Waals surface area contributed by atoms with Crippen molar-refractivity contribution in [2.24, 2.45) is 0 Å². The van der Waals surface area contributed by atoms with Crippen LogP contribution in [0.25, 0.3) is 0 Å². The molecule has 0 spiro atoms. The summed E-state index contributed by atoms with van der Waals surface area (Å²) in [7, 11) is 1.44. The minimum atomic E-state index is -1.17. The summed E-state index contributed by atoms with van der Waals surface area (Å²) < 4.78 is 10.3. The lowest BCUT2D eigenvalue weighted by atomic mass is 10.2. The zero-order valence-electron chi connectivity index (χ0n) is 12.5. The number of rotatable bonds is 6. The zero-order chi connectivity index (χ0) is 17.7. The molecule has 2 rings (SSSR count). The Bertz CT molecular complexity index is 779. The zero-order valence-corrected chi connectivity index (χ0v) is 14.0. The molecule has 8 heteroatoms. The minimum absolute atomic E-state index is 0.0335. The first-order valence-corrected chi connectivity index (χ1v) is 7.45. The highest BCUT2D eigenvalue weighted by Crippen LogP contribution is 2.26. The van der Waals surface area contributed by atoms with Crippen LogP contribution < -0.4 is 14.8 Å². The molecule has 0 saturated carbocycles. The monoisotopic (exact) mass is 369 g/mol. The fourth-order valence-corrected chi connectivity index (χ4v) is 2.14. The number of anilines is 1. The van der Waals surface area contributed by atoms with Gasteiger partial charge in [-0.05, 0) is 30.3 Å². The number of hydrogen-bond acceptors (Lipinski definition) is 4. The van der Waals surface area contributed by atoms with Gasteiger partial charge in [0.25, 0.3) is 5.91 Å². The van der Waals surface area contributed by atoms with Crippen LogP contribution >= 0.6 is 23.2 Å². The summed E-state index contributed by atoms with van der Waals surface area (Å²) in [6, 6.07) is 8.86. The van der Waals surface area contributed by atoms with Crippen molar-refractivity contribution in [2.75, 3.05) is 19.0 Å². The van der Waals surface area contributed by atoms with E-state index >= 15 is 0 Å². The molecule has 0 aliphatic carbocycles. The average molecular weight is 370 g/mol. The van der Waals surface area contributed by atoms with Crippen molar-refractivity contribution in [2.45, 2.75) is 0 Å². The van der Waals surface area contributed by atoms with Crippen molar-refractivity contribution in [3.63, 3.8) is 0 Å². The van der Waals surface area contributed by atoms with E-state index in [1.165, 1.54) is 31.4 Å². The summed E-state index contributed by atoms with van der Waals surface area (Å²) in [5.74, 6) is -1.20. The van der Waals surface area contributed by atoms with Crippen LogP contribution in [0.15, 0.2) is 36.4 Å². The molecule has 126 valence electrons. The molecule has 0 fully saturated rings. The molecule has 1 amide bonds. The molecule has 0 atom stereocenters. The summed E-state index contributed by atoms with van der Waals surface area (Å²) in [5, 5.41) is 12.4. The topological polar surface area (TPSA) is 84.9 Å². The van der Waals surface area contributed by atoms with Gasteiger partial charge in [-0.15, -0.1) is 0 Å². The summed E-state index contributed by atoms with van der Waals surface area (Å²) in [5.41, 5.74) is 0.375. The number of aromatic carboxylic acids is 1. The Balaban J connectivity index is 2.05. The van der Waals surface area contributed by atoms with Gasteiger partial charge in [-0.2, -0.15) is 0 Å². The van der Waals surface area contributed by atoms with E-state index in [0.29, 0.717) is 21.5 Å². The van der Waals surface area contributed by atoms with Crippen molar-refractivity contribution < 1.29 is 24.2 Å². The molecular weight excluding hydrogens is 357 g/mol. The minimum Gasteiger partial charge on any atom is -0.497 e. The number of methoxy groups -OCH3 is 1. The Labute approximate surface area is 147 Å². The number of carbonyl (C=O) groups excluding carboxylic acids is 1. The van der Waals surface area contributed by atoms with Crippen LogP contribution in [-0.4, -0.2) is 30.7 Å². The van der Waals surface area contributed by atoms with E-state index in [-0.39, 0.29) is 17.9 Å². The van der Waals surface area contributed by atoms with Crippen LogP contribution in [0.2, 0.25) is 10.0 Å². The molecule has 0 bridgehead atoms. The summed E-state index contributed by atoms with van der Waals surface area (Å²) in [6.07, 6.45) is 0. The Kier molecular flexibility index (Phi) is 5.89. The Hall–Kier alpha value is -2.44. The number of amides is 1. The molecule has 0 unspecified atom stereocenters. The second-order valence-electron chi connectivity index (χ2n) is 4.63. The van der Waals surface area contributed by atoms with Crippen LogP contribution in [0, 0.1) is 0 Å². The van der Waals surface area contributed by atoms with E-state index in [1.807, 2.05) is 0 Å². The van der Waals surface area contributed by atoms with Crippen molar-refractivity contribution in [3.8, 4) is 11.5 Å². The van der Waals surface area contributed by atoms with Gasteiger partial charge in [0.15, 0.2) is 6.61 Å². The number of nitrogens with one attached hydrogen (secondary N) is 1. The highest BCUT2D eigenvalue weighted by atomic mass is 35.5. The number of ether oxygens (including phenoxy) is 2. The normalized spacial score (nSPS) is 10.1. The van der Waals surface area contributed by atoms with E-state index < -0.39 is 11.9 Å². The number of carboxylic acid groups (broad SMARTS) is 1. The maximum atomic E-state index is 11.9. The second kappa shape index (κ2) is 7.90. The van der Waals surface area contributed by atoms with Gasteiger partial charge in [0.05, 0.1) is 17.2 Å². The first-order chi connectivity index (χ1) is 11.4. The molecule has 2 aromatic rings. The standard InChI is InChI=1S/C16H13Cl2NO5/c1-23-10-3-4-11(16(21)22)14(7-10)24-8-15(20)19-9-2-5-12(17)13(18)6-9/h2-7H,8H2,1H3,(H,19,20)(H,21,22). The van der Waals surface area contributed by atoms with Gasteiger partial charge >= 0.3 is 5.97 Å². The fourth-order valence-electron chi connectivity index (χ4n) is 1.84. The summed E-state index contributed by atoms with van der Waals surface area (Å²) in [4.78, 5) is 23.1. The Morgan fingerprint density at radius 2 is 1.88 bits per heavy atom. The molecule has 0 radical (unpaired) electrons. The second-order valence-corrected chi connectivity index (χ2v) is 5.45. The first-order valence-electron chi connectivity index (χ1n) is 6.69. The van der Waals surface area contributed by atoms with E-state index in [0.717, 1.165) is 0 Å². The third kappa shape index (κ3) is 4.53. The quantitative estimate of drug-likeness (QED) is 0.810. The largest absolute Gasteiger partial charge is 0.497 e. The van der Waals surface area contributed by atoms with Crippen LogP contribution in [0.4, 0.5) is 5.69 Å². The van der Waals surface area contributed by atoms with Gasteiger partial charge in [0.2, 0.25) is 0 Å². The summed E-state index contributed by atoms with van der Waals surface area (Å²) >= 11 is 11.7. The van der Waals surface area contributed by atoms with E-state index in [9.17, 15) is 9.59 Å². The molecule has 0 saturated heterocycles. The Morgan fingerprint density at radius 1 is 1.12 bits per heavy atom. The van der Waals surface area contributed by atoms with Gasteiger partial charge < -0.3 is 19.9 Å². The molecule has 2 aromatic carbocycles. The van der Waals surface area contributed by atoms with Gasteiger partial charge in [-0.3, -0.25) is 4.79 Å². The van der Waals surface area contributed by atoms with Crippen molar-refractivity contribution >= 4 is 40.8 Å². The highest BCUT2D eigenvalue weighted by molar-refractivity contribution is 6.42. The van der Waals surface area contributed by atoms with Crippen LogP contribution in [0.3, 0.4) is 0 Å². The van der Waals surface area contributed by atoms with Gasteiger partial charge in [0.1, 0.15) is 17.1 Å². The maximum absolute atomic E-state index is 11.9. The van der Waals surface area contributed by atoms with Gasteiger partial charge in [-0.25, -0.2) is 4.79 Å². The molecule has 0 aliphatic heterocycles. The predicted molar refractivity (Wildman–Crippen MR) is 90.5 cm³/mol. The number of hydrogen-bond donors (Lipinski definition) is 2. The third-order valence-electron chi connectivity index (χ3n) is 2.98. The molecule has 24 heavy (non-hydrogen) atoms. The first kappa shape index (κ1) is 17.9. The van der Waals surface area contributed by atoms with Crippen molar-refractivity contribution in [1.82, 2.24) is 0 Å². The van der Waals surface area contributed by atoms with Gasteiger partial charge in [-0.1, -0.05) is 23.2 Å². The smallest absolute Gasteiger partial charge is 0.339 e. The lowest BCUT2D eigenvalue weighted by Gasteiger charge is -2.11. The number of halogens is 2. The number of carbonyl (C=O) groups is 2. The summed E-state index contributed by atoms with van der Waals surface area (Å²) in [6.45, 7) is -0.381. The van der Waals surface area contributed by atoms with Crippen LogP contribution in [0.5, 0.6) is 11.5 Å². The molecule has 6 nitrogen and oxygen atoms in total. The van der Waals surface area contributed by atoms with E-state index in [2.05, 4.69) is 5.32 Å². The number of carboxylic acids is 1. The van der Waals surface area contributed by atoms with Crippen molar-refractivity contribution in [1.29, 1.82) is 0 Å². The third-order valence-corrected chi connectivity index (χ3v) is 3.72. The Morgan fingerprint density at radius 3 is 2.50 bits per heavy atom.